The summed E-state index contributed by atoms with van der Waals surface area (Å²) in [6.07, 6.45) is 1.80. The van der Waals surface area contributed by atoms with Crippen LogP contribution in [0.15, 0.2) is 48.5 Å². The van der Waals surface area contributed by atoms with Crippen molar-refractivity contribution in [3.63, 3.8) is 0 Å². The van der Waals surface area contributed by atoms with Crippen LogP contribution in [0, 0.1) is 5.82 Å². The van der Waals surface area contributed by atoms with Crippen LogP contribution in [0.25, 0.3) is 0 Å². The second-order valence-corrected chi connectivity index (χ2v) is 5.08. The van der Waals surface area contributed by atoms with E-state index in [-0.39, 0.29) is 5.82 Å². The van der Waals surface area contributed by atoms with Gasteiger partial charge in [-0.05, 0) is 55.3 Å². The Bertz CT molecular complexity index is 460. The molecular weight excluding hydrogens is 261 g/mol. The number of hydrogen-bond donors (Lipinski definition) is 1. The minimum atomic E-state index is -0.192. The predicted octanol–water partition coefficient (Wildman–Crippen LogP) is 3.85. The molecule has 0 aliphatic carbocycles. The zero-order valence-corrected chi connectivity index (χ0v) is 11.6. The molecule has 2 aromatic carbocycles. The first-order valence-electron chi connectivity index (χ1n) is 6.33. The molecule has 100 valence electrons. The van der Waals surface area contributed by atoms with Gasteiger partial charge in [0.1, 0.15) is 5.82 Å². The first-order chi connectivity index (χ1) is 9.17. The summed E-state index contributed by atoms with van der Waals surface area (Å²) in [5, 5.41) is 4.05. The quantitative estimate of drug-likeness (QED) is 0.875. The number of nitrogens with one attached hydrogen (secondary N) is 1. The highest BCUT2D eigenvalue weighted by Gasteiger charge is 2.08. The van der Waals surface area contributed by atoms with Gasteiger partial charge in [0.25, 0.3) is 0 Å². The van der Waals surface area contributed by atoms with Crippen molar-refractivity contribution in [2.75, 3.05) is 7.05 Å². The van der Waals surface area contributed by atoms with Crippen LogP contribution in [0.1, 0.15) is 11.1 Å². The standard InChI is InChI=1S/C16H17ClFN/c1-19-16(10-12-2-6-14(17)7-3-12)11-13-4-8-15(18)9-5-13/h2-9,16,19H,10-11H2,1H3. The molecule has 1 atom stereocenters. The molecule has 0 fully saturated rings. The highest BCUT2D eigenvalue weighted by atomic mass is 35.5. The van der Waals surface area contributed by atoms with Gasteiger partial charge in [-0.15, -0.1) is 0 Å². The lowest BCUT2D eigenvalue weighted by atomic mass is 9.99. The Morgan fingerprint density at radius 2 is 1.42 bits per heavy atom. The molecule has 3 heteroatoms. The van der Waals surface area contributed by atoms with Crippen LogP contribution in [0.2, 0.25) is 5.02 Å². The van der Waals surface area contributed by atoms with E-state index in [0.29, 0.717) is 6.04 Å². The highest BCUT2D eigenvalue weighted by Crippen LogP contribution is 2.13. The van der Waals surface area contributed by atoms with Crippen LogP contribution in [0.5, 0.6) is 0 Å². The molecule has 0 saturated heterocycles. The fourth-order valence-corrected chi connectivity index (χ4v) is 2.21. The van der Waals surface area contributed by atoms with E-state index in [9.17, 15) is 4.39 Å². The minimum absolute atomic E-state index is 0.192. The average molecular weight is 278 g/mol. The SMILES string of the molecule is CNC(Cc1ccc(F)cc1)Cc1ccc(Cl)cc1. The summed E-state index contributed by atoms with van der Waals surface area (Å²) in [5.41, 5.74) is 2.38. The van der Waals surface area contributed by atoms with Gasteiger partial charge in [0, 0.05) is 11.1 Å². The van der Waals surface area contributed by atoms with Crippen LogP contribution in [-0.4, -0.2) is 13.1 Å². The number of halogens is 2. The van der Waals surface area contributed by atoms with Gasteiger partial charge in [-0.25, -0.2) is 4.39 Å². The molecule has 0 saturated carbocycles. The zero-order valence-electron chi connectivity index (χ0n) is 10.9. The number of likely N-dealkylation sites (N-methyl/N-ethyl adjacent to an activating group) is 1. The van der Waals surface area contributed by atoms with Crippen LogP contribution in [0.4, 0.5) is 4.39 Å². The number of rotatable bonds is 5. The summed E-state index contributed by atoms with van der Waals surface area (Å²) in [6.45, 7) is 0. The Balaban J connectivity index is 2.00. The van der Waals surface area contributed by atoms with Crippen LogP contribution in [0.3, 0.4) is 0 Å². The number of benzene rings is 2. The molecule has 0 aromatic heterocycles. The average Bonchev–Trinajstić information content (AvgIpc) is 2.43. The Kier molecular flexibility index (Phi) is 4.94. The molecule has 2 aromatic rings. The van der Waals surface area contributed by atoms with Crippen molar-refractivity contribution in [1.29, 1.82) is 0 Å². The van der Waals surface area contributed by atoms with Crippen molar-refractivity contribution in [2.45, 2.75) is 18.9 Å². The third-order valence-electron chi connectivity index (χ3n) is 3.20. The van der Waals surface area contributed by atoms with E-state index in [4.69, 9.17) is 11.6 Å². The number of hydrogen-bond acceptors (Lipinski definition) is 1. The molecule has 0 amide bonds. The van der Waals surface area contributed by atoms with E-state index in [1.165, 1.54) is 17.7 Å². The summed E-state index contributed by atoms with van der Waals surface area (Å²) >= 11 is 5.88. The maximum Gasteiger partial charge on any atom is 0.123 e. The monoisotopic (exact) mass is 277 g/mol. The van der Waals surface area contributed by atoms with Crippen LogP contribution in [-0.2, 0) is 12.8 Å². The molecule has 0 radical (unpaired) electrons. The maximum absolute atomic E-state index is 12.9. The molecule has 1 N–H and O–H groups in total. The highest BCUT2D eigenvalue weighted by molar-refractivity contribution is 6.30. The van der Waals surface area contributed by atoms with Gasteiger partial charge in [-0.1, -0.05) is 35.9 Å². The van der Waals surface area contributed by atoms with Crippen LogP contribution < -0.4 is 5.32 Å². The normalized spacial score (nSPS) is 12.4. The summed E-state index contributed by atoms with van der Waals surface area (Å²) in [7, 11) is 1.95. The maximum atomic E-state index is 12.9. The Morgan fingerprint density at radius 1 is 0.947 bits per heavy atom. The first kappa shape index (κ1) is 14.0. The van der Waals surface area contributed by atoms with Crippen molar-refractivity contribution in [2.24, 2.45) is 0 Å². The van der Waals surface area contributed by atoms with Crippen molar-refractivity contribution in [3.8, 4) is 0 Å². The van der Waals surface area contributed by atoms with Gasteiger partial charge in [0.15, 0.2) is 0 Å². The van der Waals surface area contributed by atoms with E-state index in [1.54, 1.807) is 0 Å². The van der Waals surface area contributed by atoms with E-state index >= 15 is 0 Å². The van der Waals surface area contributed by atoms with Gasteiger partial charge in [-0.3, -0.25) is 0 Å². The van der Waals surface area contributed by atoms with Gasteiger partial charge >= 0.3 is 0 Å². The lowest BCUT2D eigenvalue weighted by molar-refractivity contribution is 0.555. The lowest BCUT2D eigenvalue weighted by Gasteiger charge is -2.16. The van der Waals surface area contributed by atoms with Gasteiger partial charge in [0.05, 0.1) is 0 Å². The van der Waals surface area contributed by atoms with E-state index in [0.717, 1.165) is 23.4 Å². The Labute approximate surface area is 118 Å². The van der Waals surface area contributed by atoms with E-state index in [1.807, 2.05) is 43.4 Å². The van der Waals surface area contributed by atoms with Crippen molar-refractivity contribution in [3.05, 3.63) is 70.5 Å². The summed E-state index contributed by atoms with van der Waals surface area (Å²) in [6, 6.07) is 14.9. The van der Waals surface area contributed by atoms with Crippen molar-refractivity contribution in [1.82, 2.24) is 5.32 Å². The van der Waals surface area contributed by atoms with Gasteiger partial charge in [-0.2, -0.15) is 0 Å². The topological polar surface area (TPSA) is 12.0 Å². The molecule has 0 aliphatic rings. The second-order valence-electron chi connectivity index (χ2n) is 4.65. The molecule has 0 aliphatic heterocycles. The Hall–Kier alpha value is -1.38. The molecule has 1 nitrogen and oxygen atoms in total. The third-order valence-corrected chi connectivity index (χ3v) is 3.45. The zero-order chi connectivity index (χ0) is 13.7. The predicted molar refractivity (Wildman–Crippen MR) is 78.1 cm³/mol. The Morgan fingerprint density at radius 3 is 1.89 bits per heavy atom. The summed E-state index contributed by atoms with van der Waals surface area (Å²) < 4.78 is 12.9. The molecule has 1 unspecified atom stereocenters. The molecule has 19 heavy (non-hydrogen) atoms. The summed E-state index contributed by atoms with van der Waals surface area (Å²) in [5.74, 6) is -0.192. The van der Waals surface area contributed by atoms with E-state index < -0.39 is 0 Å². The van der Waals surface area contributed by atoms with Gasteiger partial charge < -0.3 is 5.32 Å². The molecule has 0 spiro atoms. The van der Waals surface area contributed by atoms with Crippen molar-refractivity contribution >= 4 is 11.6 Å². The van der Waals surface area contributed by atoms with Gasteiger partial charge in [0.2, 0.25) is 0 Å². The van der Waals surface area contributed by atoms with Crippen molar-refractivity contribution < 1.29 is 4.39 Å². The van der Waals surface area contributed by atoms with Crippen LogP contribution >= 0.6 is 11.6 Å². The molecule has 0 bridgehead atoms. The fraction of sp³-hybridized carbons (Fsp3) is 0.250. The molecular formula is C16H17ClFN. The van der Waals surface area contributed by atoms with E-state index in [2.05, 4.69) is 5.32 Å². The smallest absolute Gasteiger partial charge is 0.123 e. The third kappa shape index (κ3) is 4.34. The molecule has 0 heterocycles. The lowest BCUT2D eigenvalue weighted by Crippen LogP contribution is -2.29. The summed E-state index contributed by atoms with van der Waals surface area (Å²) in [4.78, 5) is 0. The fourth-order valence-electron chi connectivity index (χ4n) is 2.09. The first-order valence-corrected chi connectivity index (χ1v) is 6.71. The second kappa shape index (κ2) is 6.69. The molecule has 2 rings (SSSR count). The minimum Gasteiger partial charge on any atom is -0.316 e. The largest absolute Gasteiger partial charge is 0.316 e.